The predicted molar refractivity (Wildman–Crippen MR) is 136 cm³/mol. The van der Waals surface area contributed by atoms with Crippen molar-refractivity contribution in [1.82, 2.24) is 29.2 Å². The molecule has 0 saturated carbocycles. The van der Waals surface area contributed by atoms with Gasteiger partial charge in [-0.15, -0.1) is 0 Å². The number of primary amides is 1. The Morgan fingerprint density at radius 3 is 2.60 bits per heavy atom. The molecule has 1 aliphatic rings. The Kier molecular flexibility index (Phi) is 5.90. The van der Waals surface area contributed by atoms with Gasteiger partial charge in [-0.25, -0.2) is 14.6 Å². The van der Waals surface area contributed by atoms with Crippen molar-refractivity contribution in [2.45, 2.75) is 32.9 Å². The molecule has 0 aliphatic carbocycles. The maximum absolute atomic E-state index is 12.0. The Balaban J connectivity index is 1.76. The fraction of sp³-hybridized carbons (Fsp3) is 0.417. The monoisotopic (exact) mass is 496 g/mol. The summed E-state index contributed by atoms with van der Waals surface area (Å²) in [5, 5.41) is 6.95. The SMILES string of the molecule is CC(C)(C)n1nc(-c2c(Cl)c3ccc(C(N)=O)cc3n2CCN2CCOCC2)c2c(N)ncnc21. The van der Waals surface area contributed by atoms with Crippen LogP contribution in [0.1, 0.15) is 31.1 Å². The lowest BCUT2D eigenvalue weighted by Crippen LogP contribution is -2.38. The highest BCUT2D eigenvalue weighted by atomic mass is 35.5. The molecule has 0 atom stereocenters. The zero-order chi connectivity index (χ0) is 24.9. The summed E-state index contributed by atoms with van der Waals surface area (Å²) in [7, 11) is 0. The number of nitrogens with zero attached hydrogens (tertiary/aromatic N) is 6. The quantitative estimate of drug-likeness (QED) is 0.434. The van der Waals surface area contributed by atoms with Gasteiger partial charge in [0, 0.05) is 37.1 Å². The van der Waals surface area contributed by atoms with E-state index in [0.717, 1.165) is 30.5 Å². The van der Waals surface area contributed by atoms with Crippen LogP contribution < -0.4 is 11.5 Å². The molecule has 1 fully saturated rings. The molecule has 1 saturated heterocycles. The van der Waals surface area contributed by atoms with Crippen LogP contribution >= 0.6 is 11.6 Å². The molecule has 4 heterocycles. The summed E-state index contributed by atoms with van der Waals surface area (Å²) in [6.45, 7) is 10.7. The Bertz CT molecular complexity index is 1430. The zero-order valence-electron chi connectivity index (χ0n) is 20.1. The van der Waals surface area contributed by atoms with Gasteiger partial charge in [0.1, 0.15) is 17.8 Å². The van der Waals surface area contributed by atoms with E-state index in [4.69, 9.17) is 32.9 Å². The van der Waals surface area contributed by atoms with Crippen LogP contribution in [0.3, 0.4) is 0 Å². The Morgan fingerprint density at radius 1 is 1.17 bits per heavy atom. The fourth-order valence-electron chi connectivity index (χ4n) is 4.60. The zero-order valence-corrected chi connectivity index (χ0v) is 20.8. The van der Waals surface area contributed by atoms with E-state index in [1.165, 1.54) is 6.33 Å². The number of aromatic nitrogens is 5. The first-order chi connectivity index (χ1) is 16.7. The summed E-state index contributed by atoms with van der Waals surface area (Å²) in [6, 6.07) is 5.31. The molecular formula is C24H29ClN8O2. The third-order valence-electron chi connectivity index (χ3n) is 6.38. The van der Waals surface area contributed by atoms with E-state index in [9.17, 15) is 4.79 Å². The second-order valence-corrected chi connectivity index (χ2v) is 10.1. The Hall–Kier alpha value is -3.21. The highest BCUT2D eigenvalue weighted by Gasteiger charge is 2.28. The average molecular weight is 497 g/mol. The third kappa shape index (κ3) is 4.11. The van der Waals surface area contributed by atoms with Crippen LogP contribution in [0.2, 0.25) is 5.02 Å². The van der Waals surface area contributed by atoms with E-state index in [0.29, 0.717) is 58.6 Å². The summed E-state index contributed by atoms with van der Waals surface area (Å²) in [5.41, 5.74) is 14.8. The lowest BCUT2D eigenvalue weighted by atomic mass is 10.1. The maximum atomic E-state index is 12.0. The molecule has 0 bridgehead atoms. The number of benzene rings is 1. The molecule has 0 radical (unpaired) electrons. The topological polar surface area (TPSA) is 130 Å². The molecular weight excluding hydrogens is 468 g/mol. The maximum Gasteiger partial charge on any atom is 0.248 e. The van der Waals surface area contributed by atoms with Crippen molar-refractivity contribution >= 4 is 45.3 Å². The summed E-state index contributed by atoms with van der Waals surface area (Å²) in [5.74, 6) is -0.162. The number of anilines is 1. The van der Waals surface area contributed by atoms with Crippen molar-refractivity contribution in [2.24, 2.45) is 5.73 Å². The van der Waals surface area contributed by atoms with E-state index in [-0.39, 0.29) is 5.54 Å². The molecule has 35 heavy (non-hydrogen) atoms. The van der Waals surface area contributed by atoms with Crippen molar-refractivity contribution in [3.8, 4) is 11.4 Å². The van der Waals surface area contributed by atoms with E-state index in [1.807, 2.05) is 10.7 Å². The van der Waals surface area contributed by atoms with Crippen LogP contribution in [0.4, 0.5) is 5.82 Å². The number of carbonyl (C=O) groups excluding carboxylic acids is 1. The largest absolute Gasteiger partial charge is 0.383 e. The van der Waals surface area contributed by atoms with Crippen molar-refractivity contribution < 1.29 is 9.53 Å². The minimum atomic E-state index is -0.495. The molecule has 1 amide bonds. The molecule has 4 N–H and O–H groups in total. The number of carbonyl (C=O) groups is 1. The minimum Gasteiger partial charge on any atom is -0.383 e. The second-order valence-electron chi connectivity index (χ2n) is 9.75. The number of hydrogen-bond acceptors (Lipinski definition) is 7. The number of hydrogen-bond donors (Lipinski definition) is 2. The first-order valence-electron chi connectivity index (χ1n) is 11.6. The van der Waals surface area contributed by atoms with Gasteiger partial charge >= 0.3 is 0 Å². The number of amides is 1. The van der Waals surface area contributed by atoms with Crippen LogP contribution in [0.15, 0.2) is 24.5 Å². The average Bonchev–Trinajstić information content (AvgIpc) is 3.34. The lowest BCUT2D eigenvalue weighted by Gasteiger charge is -2.27. The molecule has 5 rings (SSSR count). The van der Waals surface area contributed by atoms with Crippen LogP contribution in [0.5, 0.6) is 0 Å². The van der Waals surface area contributed by atoms with Gasteiger partial charge in [0.15, 0.2) is 5.65 Å². The molecule has 1 aromatic carbocycles. The first-order valence-corrected chi connectivity index (χ1v) is 12.0. The van der Waals surface area contributed by atoms with E-state index >= 15 is 0 Å². The predicted octanol–water partition coefficient (Wildman–Crippen LogP) is 2.87. The molecule has 0 unspecified atom stereocenters. The number of halogens is 1. The number of fused-ring (bicyclic) bond motifs is 2. The molecule has 10 nitrogen and oxygen atoms in total. The van der Waals surface area contributed by atoms with E-state index in [1.54, 1.807) is 12.1 Å². The highest BCUT2D eigenvalue weighted by molar-refractivity contribution is 6.39. The van der Waals surface area contributed by atoms with Crippen LogP contribution in [-0.2, 0) is 16.8 Å². The molecule has 3 aromatic heterocycles. The van der Waals surface area contributed by atoms with Crippen molar-refractivity contribution in [1.29, 1.82) is 0 Å². The van der Waals surface area contributed by atoms with E-state index < -0.39 is 5.91 Å². The number of ether oxygens (including phenoxy) is 1. The van der Waals surface area contributed by atoms with Gasteiger partial charge in [0.2, 0.25) is 5.91 Å². The Morgan fingerprint density at radius 2 is 1.91 bits per heavy atom. The molecule has 184 valence electrons. The smallest absolute Gasteiger partial charge is 0.248 e. The third-order valence-corrected chi connectivity index (χ3v) is 6.77. The number of nitrogens with two attached hydrogens (primary N) is 2. The van der Waals surface area contributed by atoms with Gasteiger partial charge in [0.05, 0.1) is 40.4 Å². The fourth-order valence-corrected chi connectivity index (χ4v) is 4.95. The molecule has 0 spiro atoms. The van der Waals surface area contributed by atoms with Gasteiger partial charge in [-0.2, -0.15) is 5.10 Å². The van der Waals surface area contributed by atoms with E-state index in [2.05, 4.69) is 40.2 Å². The molecule has 11 heteroatoms. The van der Waals surface area contributed by atoms with Crippen LogP contribution in [0.25, 0.3) is 33.3 Å². The first kappa shape index (κ1) is 23.5. The summed E-state index contributed by atoms with van der Waals surface area (Å²) < 4.78 is 9.45. The standard InChI is InChI=1S/C24H29ClN8O2/c1-24(2,3)33-23-17(21(26)28-13-29-23)19(30-33)20-18(25)15-5-4-14(22(27)34)12-16(15)32(20)7-6-31-8-10-35-11-9-31/h4-5,12-13H,6-11H2,1-3H3,(H2,27,34)(H2,26,28,29). The highest BCUT2D eigenvalue weighted by Crippen LogP contribution is 2.42. The Labute approximate surface area is 207 Å². The summed E-state index contributed by atoms with van der Waals surface area (Å²) in [4.78, 5) is 23.0. The van der Waals surface area contributed by atoms with Gasteiger partial charge in [-0.05, 0) is 32.9 Å². The van der Waals surface area contributed by atoms with Crippen molar-refractivity contribution in [2.75, 3.05) is 38.6 Å². The van der Waals surface area contributed by atoms with Crippen molar-refractivity contribution in [3.63, 3.8) is 0 Å². The van der Waals surface area contributed by atoms with Gasteiger partial charge < -0.3 is 20.8 Å². The lowest BCUT2D eigenvalue weighted by molar-refractivity contribution is 0.0366. The van der Waals surface area contributed by atoms with Crippen molar-refractivity contribution in [3.05, 3.63) is 35.1 Å². The number of morpholine rings is 1. The normalized spacial score (nSPS) is 15.3. The minimum absolute atomic E-state index is 0.333. The van der Waals surface area contributed by atoms with Gasteiger partial charge in [-0.1, -0.05) is 17.7 Å². The number of rotatable bonds is 5. The van der Waals surface area contributed by atoms with Crippen LogP contribution in [-0.4, -0.2) is 68.0 Å². The van der Waals surface area contributed by atoms with Crippen LogP contribution in [0, 0.1) is 0 Å². The number of nitrogen functional groups attached to an aromatic ring is 1. The summed E-state index contributed by atoms with van der Waals surface area (Å²) >= 11 is 7.03. The second kappa shape index (κ2) is 8.78. The summed E-state index contributed by atoms with van der Waals surface area (Å²) in [6.07, 6.45) is 1.44. The van der Waals surface area contributed by atoms with Gasteiger partial charge in [-0.3, -0.25) is 9.69 Å². The molecule has 1 aliphatic heterocycles. The molecule has 4 aromatic rings. The van der Waals surface area contributed by atoms with Gasteiger partial charge in [0.25, 0.3) is 0 Å².